The maximum atomic E-state index is 13.4. The summed E-state index contributed by atoms with van der Waals surface area (Å²) in [7, 11) is 0. The van der Waals surface area contributed by atoms with Crippen LogP contribution in [0.3, 0.4) is 0 Å². The van der Waals surface area contributed by atoms with Gasteiger partial charge in [-0.25, -0.2) is 14.1 Å². The van der Waals surface area contributed by atoms with Crippen molar-refractivity contribution in [1.29, 1.82) is 0 Å². The van der Waals surface area contributed by atoms with E-state index in [9.17, 15) is 18.8 Å². The van der Waals surface area contributed by atoms with Crippen molar-refractivity contribution in [2.45, 2.75) is 20.1 Å². The van der Waals surface area contributed by atoms with Crippen LogP contribution in [0.25, 0.3) is 0 Å². The molecule has 11 heteroatoms. The van der Waals surface area contributed by atoms with Crippen LogP contribution in [-0.4, -0.2) is 48.8 Å². The predicted octanol–water partition coefficient (Wildman–Crippen LogP) is 3.98. The van der Waals surface area contributed by atoms with E-state index in [2.05, 4.69) is 15.9 Å². The Kier molecular flexibility index (Phi) is 11.1. The summed E-state index contributed by atoms with van der Waals surface area (Å²) in [5.41, 5.74) is 6.59. The number of amides is 2. The van der Waals surface area contributed by atoms with Gasteiger partial charge in [0.1, 0.15) is 5.82 Å². The van der Waals surface area contributed by atoms with Gasteiger partial charge in [-0.05, 0) is 42.5 Å². The smallest absolute Gasteiger partial charge is 0.419 e. The number of anilines is 2. The first-order valence-corrected chi connectivity index (χ1v) is 10.2. The van der Waals surface area contributed by atoms with Gasteiger partial charge in [-0.3, -0.25) is 9.59 Å². The van der Waals surface area contributed by atoms with Gasteiger partial charge in [-0.2, -0.15) is 0 Å². The first-order chi connectivity index (χ1) is 14.7. The molecule has 0 saturated carbocycles. The molecule has 0 bridgehead atoms. The molecule has 2 aromatic rings. The first kappa shape index (κ1) is 27.3. The van der Waals surface area contributed by atoms with Gasteiger partial charge in [0.2, 0.25) is 12.2 Å². The van der Waals surface area contributed by atoms with Gasteiger partial charge in [-0.15, -0.1) is 12.4 Å². The number of halogens is 3. The average Bonchev–Trinajstić information content (AvgIpc) is 2.71. The lowest BCUT2D eigenvalue weighted by Crippen LogP contribution is -2.42. The van der Waals surface area contributed by atoms with Crippen molar-refractivity contribution < 1.29 is 28.2 Å². The highest BCUT2D eigenvalue weighted by molar-refractivity contribution is 9.10. The highest BCUT2D eigenvalue weighted by atomic mass is 79.9. The normalized spacial score (nSPS) is 11.0. The topological polar surface area (TPSA) is 102 Å². The Morgan fingerprint density at radius 3 is 2.28 bits per heavy atom. The summed E-state index contributed by atoms with van der Waals surface area (Å²) in [6, 6.07) is 13.2. The Labute approximate surface area is 200 Å². The zero-order valence-corrected chi connectivity index (χ0v) is 19.9. The van der Waals surface area contributed by atoms with Crippen LogP contribution in [-0.2, 0) is 19.1 Å². The fourth-order valence-electron chi connectivity index (χ4n) is 2.71. The molecule has 2 N–H and O–H groups in total. The molecule has 1 unspecified atom stereocenters. The summed E-state index contributed by atoms with van der Waals surface area (Å²) in [5, 5.41) is 0. The van der Waals surface area contributed by atoms with Crippen LogP contribution in [0.15, 0.2) is 53.0 Å². The number of nitrogens with two attached hydrogens (primary N) is 1. The van der Waals surface area contributed by atoms with E-state index < -0.39 is 24.3 Å². The Morgan fingerprint density at radius 1 is 1.06 bits per heavy atom. The highest BCUT2D eigenvalue weighted by Gasteiger charge is 2.24. The molecule has 1 atom stereocenters. The molecule has 8 nitrogen and oxygen atoms in total. The number of nitrogens with zero attached hydrogens (tertiary/aromatic N) is 2. The molecule has 0 radical (unpaired) electrons. The monoisotopic (exact) mass is 531 g/mol. The minimum atomic E-state index is -1.20. The van der Waals surface area contributed by atoms with Crippen LogP contribution in [0.1, 0.15) is 13.8 Å². The van der Waals surface area contributed by atoms with Crippen LogP contribution >= 0.6 is 28.3 Å². The maximum absolute atomic E-state index is 13.4. The van der Waals surface area contributed by atoms with E-state index in [0.29, 0.717) is 5.69 Å². The molecule has 0 saturated heterocycles. The number of hydrogen-bond acceptors (Lipinski definition) is 7. The van der Waals surface area contributed by atoms with Gasteiger partial charge < -0.3 is 20.1 Å². The van der Waals surface area contributed by atoms with Crippen molar-refractivity contribution in [3.05, 3.63) is 58.8 Å². The van der Waals surface area contributed by atoms with Crippen LogP contribution in [0.2, 0.25) is 0 Å². The SMILES string of the molecule is CC(=O)N(CCN(c1ccc(F)cc1)c1cccc(Br)c1)C(=O)OC(C)OC(=O)CN.Cl. The van der Waals surface area contributed by atoms with E-state index in [1.807, 2.05) is 29.2 Å². The lowest BCUT2D eigenvalue weighted by Gasteiger charge is -2.28. The number of hydrogen-bond donors (Lipinski definition) is 1. The van der Waals surface area contributed by atoms with Gasteiger partial charge in [0.15, 0.2) is 0 Å². The Hall–Kier alpha value is -2.69. The number of rotatable bonds is 8. The molecular formula is C21H24BrClFN3O5. The third-order valence-electron chi connectivity index (χ3n) is 4.14. The number of ether oxygens (including phenoxy) is 2. The lowest BCUT2D eigenvalue weighted by molar-refractivity contribution is -0.164. The predicted molar refractivity (Wildman–Crippen MR) is 123 cm³/mol. The second-order valence-electron chi connectivity index (χ2n) is 6.42. The number of imide groups is 1. The van der Waals surface area contributed by atoms with E-state index >= 15 is 0 Å². The third-order valence-corrected chi connectivity index (χ3v) is 4.63. The van der Waals surface area contributed by atoms with Crippen molar-refractivity contribution in [2.75, 3.05) is 24.5 Å². The van der Waals surface area contributed by atoms with E-state index in [1.165, 1.54) is 26.0 Å². The first-order valence-electron chi connectivity index (χ1n) is 9.38. The van der Waals surface area contributed by atoms with Crippen LogP contribution in [0, 0.1) is 5.82 Å². The van der Waals surface area contributed by atoms with E-state index in [1.54, 1.807) is 12.1 Å². The van der Waals surface area contributed by atoms with E-state index in [-0.39, 0.29) is 37.9 Å². The Bertz CT molecular complexity index is 932. The standard InChI is InChI=1S/C21H23BrFN3O5.ClH/c1-14(27)25(21(29)31-15(2)30-20(28)13-24)10-11-26(18-8-6-17(23)7-9-18)19-5-3-4-16(22)12-19;/h3-9,12,15H,10-11,13,24H2,1-2H3;1H. The average molecular weight is 533 g/mol. The van der Waals surface area contributed by atoms with Crippen molar-refractivity contribution >= 4 is 57.7 Å². The number of esters is 1. The highest BCUT2D eigenvalue weighted by Crippen LogP contribution is 2.27. The molecule has 0 aliphatic heterocycles. The van der Waals surface area contributed by atoms with Crippen molar-refractivity contribution in [1.82, 2.24) is 4.90 Å². The van der Waals surface area contributed by atoms with Gasteiger partial charge in [-0.1, -0.05) is 22.0 Å². The summed E-state index contributed by atoms with van der Waals surface area (Å²) < 4.78 is 24.0. The minimum Gasteiger partial charge on any atom is -0.424 e. The van der Waals surface area contributed by atoms with E-state index in [4.69, 9.17) is 15.2 Å². The fourth-order valence-corrected chi connectivity index (χ4v) is 3.10. The molecule has 0 heterocycles. The second kappa shape index (κ2) is 13.0. The Balaban J connectivity index is 0.00000512. The van der Waals surface area contributed by atoms with Gasteiger partial charge in [0.25, 0.3) is 0 Å². The summed E-state index contributed by atoms with van der Waals surface area (Å²) in [4.78, 5) is 38.4. The lowest BCUT2D eigenvalue weighted by atomic mass is 10.2. The molecule has 32 heavy (non-hydrogen) atoms. The number of carbonyl (C=O) groups excluding carboxylic acids is 3. The molecule has 2 amide bonds. The second-order valence-corrected chi connectivity index (χ2v) is 7.34. The molecular weight excluding hydrogens is 509 g/mol. The summed E-state index contributed by atoms with van der Waals surface area (Å²) in [6.07, 6.45) is -2.16. The van der Waals surface area contributed by atoms with Crippen LogP contribution in [0.4, 0.5) is 20.6 Å². The maximum Gasteiger partial charge on any atom is 0.419 e. The molecule has 0 aromatic heterocycles. The third kappa shape index (κ3) is 8.10. The molecule has 0 spiro atoms. The summed E-state index contributed by atoms with van der Waals surface area (Å²) >= 11 is 3.42. The quantitative estimate of drug-likeness (QED) is 0.405. The number of carbonyl (C=O) groups is 3. The fraction of sp³-hybridized carbons (Fsp3) is 0.286. The van der Waals surface area contributed by atoms with Gasteiger partial charge >= 0.3 is 12.1 Å². The molecule has 0 aliphatic rings. The zero-order valence-electron chi connectivity index (χ0n) is 17.5. The van der Waals surface area contributed by atoms with Crippen LogP contribution < -0.4 is 10.6 Å². The Morgan fingerprint density at radius 2 is 1.72 bits per heavy atom. The summed E-state index contributed by atoms with van der Waals surface area (Å²) in [6.45, 7) is 2.37. The molecule has 2 rings (SSSR count). The van der Waals surface area contributed by atoms with Crippen LogP contribution in [0.5, 0.6) is 0 Å². The van der Waals surface area contributed by atoms with Gasteiger partial charge in [0.05, 0.1) is 6.54 Å². The summed E-state index contributed by atoms with van der Waals surface area (Å²) in [5.74, 6) is -1.67. The zero-order chi connectivity index (χ0) is 23.0. The van der Waals surface area contributed by atoms with Gasteiger partial charge in [0, 0.05) is 42.8 Å². The molecule has 174 valence electrons. The largest absolute Gasteiger partial charge is 0.424 e. The molecule has 0 aliphatic carbocycles. The molecule has 0 fully saturated rings. The number of benzene rings is 2. The molecule has 2 aromatic carbocycles. The van der Waals surface area contributed by atoms with Crippen molar-refractivity contribution in [2.24, 2.45) is 5.73 Å². The minimum absolute atomic E-state index is 0. The van der Waals surface area contributed by atoms with Crippen molar-refractivity contribution in [3.63, 3.8) is 0 Å². The van der Waals surface area contributed by atoms with E-state index in [0.717, 1.165) is 15.1 Å². The van der Waals surface area contributed by atoms with Crippen molar-refractivity contribution in [3.8, 4) is 0 Å².